The maximum absolute atomic E-state index is 11.9. The number of amides is 1. The second kappa shape index (κ2) is 7.17. The summed E-state index contributed by atoms with van der Waals surface area (Å²) in [6, 6.07) is 9.57. The van der Waals surface area contributed by atoms with E-state index in [2.05, 4.69) is 10.3 Å². The van der Waals surface area contributed by atoms with Crippen molar-refractivity contribution in [3.8, 4) is 0 Å². The van der Waals surface area contributed by atoms with Gasteiger partial charge in [-0.2, -0.15) is 0 Å². The molecule has 0 aliphatic carbocycles. The molecule has 0 saturated carbocycles. The van der Waals surface area contributed by atoms with E-state index >= 15 is 0 Å². The van der Waals surface area contributed by atoms with Gasteiger partial charge in [0.25, 0.3) is 0 Å². The first-order valence-corrected chi connectivity index (χ1v) is 7.51. The van der Waals surface area contributed by atoms with Crippen LogP contribution in [0.15, 0.2) is 35.7 Å². The monoisotopic (exact) mass is 289 g/mol. The van der Waals surface area contributed by atoms with Gasteiger partial charge < -0.3 is 11.1 Å². The highest BCUT2D eigenvalue weighted by atomic mass is 32.1. The van der Waals surface area contributed by atoms with Gasteiger partial charge in [-0.1, -0.05) is 30.3 Å². The highest BCUT2D eigenvalue weighted by molar-refractivity contribution is 7.09. The third-order valence-corrected chi connectivity index (χ3v) is 3.86. The van der Waals surface area contributed by atoms with Gasteiger partial charge in [0.1, 0.15) is 0 Å². The quantitative estimate of drug-likeness (QED) is 0.855. The van der Waals surface area contributed by atoms with Gasteiger partial charge in [0, 0.05) is 5.38 Å². The Labute approximate surface area is 123 Å². The van der Waals surface area contributed by atoms with Gasteiger partial charge in [0.15, 0.2) is 0 Å². The third-order valence-electron chi connectivity index (χ3n) is 3.03. The number of nitrogens with one attached hydrogen (secondary N) is 1. The Kier molecular flexibility index (Phi) is 5.26. The SMILES string of the molecule is Cc1nc(CNC(=O)[C@@H](N)CCc2ccccc2)cs1. The number of nitrogens with two attached hydrogens (primary N) is 1. The smallest absolute Gasteiger partial charge is 0.237 e. The molecule has 1 amide bonds. The molecule has 106 valence electrons. The summed E-state index contributed by atoms with van der Waals surface area (Å²) in [6.45, 7) is 2.39. The molecule has 0 aliphatic rings. The summed E-state index contributed by atoms with van der Waals surface area (Å²) in [5.41, 5.74) is 7.99. The van der Waals surface area contributed by atoms with Gasteiger partial charge in [-0.15, -0.1) is 11.3 Å². The van der Waals surface area contributed by atoms with Crippen LogP contribution >= 0.6 is 11.3 Å². The second-order valence-corrected chi connectivity index (χ2v) is 5.77. The summed E-state index contributed by atoms with van der Waals surface area (Å²) >= 11 is 1.58. The summed E-state index contributed by atoms with van der Waals surface area (Å²) in [6.07, 6.45) is 1.46. The van der Waals surface area contributed by atoms with Crippen molar-refractivity contribution in [1.29, 1.82) is 0 Å². The fraction of sp³-hybridized carbons (Fsp3) is 0.333. The van der Waals surface area contributed by atoms with Gasteiger partial charge in [0.05, 0.1) is 23.3 Å². The molecule has 2 aromatic rings. The molecule has 1 aromatic heterocycles. The van der Waals surface area contributed by atoms with Crippen LogP contribution < -0.4 is 11.1 Å². The maximum Gasteiger partial charge on any atom is 0.237 e. The molecule has 0 fully saturated rings. The molecule has 0 spiro atoms. The molecule has 0 bridgehead atoms. The van der Waals surface area contributed by atoms with Crippen molar-refractivity contribution in [1.82, 2.24) is 10.3 Å². The van der Waals surface area contributed by atoms with Crippen molar-refractivity contribution in [3.63, 3.8) is 0 Å². The zero-order chi connectivity index (χ0) is 14.4. The van der Waals surface area contributed by atoms with Gasteiger partial charge >= 0.3 is 0 Å². The van der Waals surface area contributed by atoms with E-state index < -0.39 is 6.04 Å². The Bertz CT molecular complexity index is 553. The van der Waals surface area contributed by atoms with Crippen molar-refractivity contribution >= 4 is 17.2 Å². The zero-order valence-electron chi connectivity index (χ0n) is 11.5. The van der Waals surface area contributed by atoms with Crippen LogP contribution in [0.1, 0.15) is 22.7 Å². The van der Waals surface area contributed by atoms with Gasteiger partial charge in [0.2, 0.25) is 5.91 Å². The highest BCUT2D eigenvalue weighted by Crippen LogP contribution is 2.08. The second-order valence-electron chi connectivity index (χ2n) is 4.71. The molecule has 0 saturated heterocycles. The van der Waals surface area contributed by atoms with E-state index in [1.54, 1.807) is 11.3 Å². The number of rotatable bonds is 6. The molecule has 5 heteroatoms. The van der Waals surface area contributed by atoms with Gasteiger partial charge in [-0.25, -0.2) is 4.98 Å². The lowest BCUT2D eigenvalue weighted by molar-refractivity contribution is -0.122. The lowest BCUT2D eigenvalue weighted by atomic mass is 10.1. The number of carbonyl (C=O) groups excluding carboxylic acids is 1. The predicted octanol–water partition coefficient (Wildman–Crippen LogP) is 2.03. The number of hydrogen-bond acceptors (Lipinski definition) is 4. The Morgan fingerprint density at radius 2 is 2.15 bits per heavy atom. The summed E-state index contributed by atoms with van der Waals surface area (Å²) in [5, 5.41) is 5.78. The zero-order valence-corrected chi connectivity index (χ0v) is 12.3. The molecular weight excluding hydrogens is 270 g/mol. The van der Waals surface area contributed by atoms with E-state index in [1.165, 1.54) is 5.56 Å². The highest BCUT2D eigenvalue weighted by Gasteiger charge is 2.13. The van der Waals surface area contributed by atoms with Crippen LogP contribution in [0.3, 0.4) is 0 Å². The van der Waals surface area contributed by atoms with Gasteiger partial charge in [-0.3, -0.25) is 4.79 Å². The van der Waals surface area contributed by atoms with Crippen LogP contribution in [0, 0.1) is 6.92 Å². The van der Waals surface area contributed by atoms with Crippen LogP contribution in [0.5, 0.6) is 0 Å². The molecule has 0 unspecified atom stereocenters. The van der Waals surface area contributed by atoms with Crippen LogP contribution in [0.2, 0.25) is 0 Å². The number of nitrogens with zero attached hydrogens (tertiary/aromatic N) is 1. The van der Waals surface area contributed by atoms with E-state index in [9.17, 15) is 4.79 Å². The summed E-state index contributed by atoms with van der Waals surface area (Å²) in [7, 11) is 0. The number of aromatic nitrogens is 1. The maximum atomic E-state index is 11.9. The van der Waals surface area contributed by atoms with Crippen LogP contribution in [-0.2, 0) is 17.8 Å². The van der Waals surface area contributed by atoms with E-state index in [1.807, 2.05) is 42.6 Å². The topological polar surface area (TPSA) is 68.0 Å². The lowest BCUT2D eigenvalue weighted by Gasteiger charge is -2.11. The first-order chi connectivity index (χ1) is 9.65. The summed E-state index contributed by atoms with van der Waals surface area (Å²) in [4.78, 5) is 16.2. The van der Waals surface area contributed by atoms with E-state index in [0.29, 0.717) is 13.0 Å². The van der Waals surface area contributed by atoms with Crippen molar-refractivity contribution < 1.29 is 4.79 Å². The molecule has 2 rings (SSSR count). The Hall–Kier alpha value is -1.72. The first kappa shape index (κ1) is 14.7. The molecule has 4 nitrogen and oxygen atoms in total. The Morgan fingerprint density at radius 1 is 1.40 bits per heavy atom. The minimum Gasteiger partial charge on any atom is -0.349 e. The van der Waals surface area contributed by atoms with E-state index in [-0.39, 0.29) is 5.91 Å². The summed E-state index contributed by atoms with van der Waals surface area (Å²) in [5.74, 6) is -0.119. The molecule has 1 heterocycles. The van der Waals surface area contributed by atoms with Gasteiger partial charge in [-0.05, 0) is 25.3 Å². The van der Waals surface area contributed by atoms with Crippen molar-refractivity contribution in [2.45, 2.75) is 32.4 Å². The average molecular weight is 289 g/mol. The molecule has 20 heavy (non-hydrogen) atoms. The number of hydrogen-bond donors (Lipinski definition) is 2. The van der Waals surface area contributed by atoms with Crippen LogP contribution in [0.4, 0.5) is 0 Å². The first-order valence-electron chi connectivity index (χ1n) is 6.63. The molecule has 3 N–H and O–H groups in total. The largest absolute Gasteiger partial charge is 0.349 e. The molecular formula is C15H19N3OS. The van der Waals surface area contributed by atoms with Crippen molar-refractivity contribution in [2.24, 2.45) is 5.73 Å². The predicted molar refractivity (Wildman–Crippen MR) is 81.4 cm³/mol. The lowest BCUT2D eigenvalue weighted by Crippen LogP contribution is -2.40. The number of benzene rings is 1. The Balaban J connectivity index is 1.74. The normalized spacial score (nSPS) is 12.1. The van der Waals surface area contributed by atoms with Crippen molar-refractivity contribution in [2.75, 3.05) is 0 Å². The summed E-state index contributed by atoms with van der Waals surface area (Å²) < 4.78 is 0. The number of thiazole rings is 1. The fourth-order valence-corrected chi connectivity index (χ4v) is 2.51. The fourth-order valence-electron chi connectivity index (χ4n) is 1.90. The Morgan fingerprint density at radius 3 is 2.80 bits per heavy atom. The standard InChI is InChI=1S/C15H19N3OS/c1-11-18-13(10-20-11)9-17-15(19)14(16)8-7-12-5-3-2-4-6-12/h2-6,10,14H,7-9,16H2,1H3,(H,17,19)/t14-/m0/s1. The number of carbonyl (C=O) groups is 1. The molecule has 0 aliphatic heterocycles. The minimum absolute atomic E-state index is 0.119. The van der Waals surface area contributed by atoms with Crippen LogP contribution in [0.25, 0.3) is 0 Å². The molecule has 1 atom stereocenters. The average Bonchev–Trinajstić information content (AvgIpc) is 2.89. The molecule has 1 aromatic carbocycles. The third kappa shape index (κ3) is 4.43. The van der Waals surface area contributed by atoms with Crippen molar-refractivity contribution in [3.05, 3.63) is 52.0 Å². The van der Waals surface area contributed by atoms with Crippen LogP contribution in [-0.4, -0.2) is 16.9 Å². The number of aryl methyl sites for hydroxylation is 2. The van der Waals surface area contributed by atoms with E-state index in [4.69, 9.17) is 5.73 Å². The minimum atomic E-state index is -0.477. The van der Waals surface area contributed by atoms with E-state index in [0.717, 1.165) is 17.1 Å². The molecule has 0 radical (unpaired) electrons.